The Hall–Kier alpha value is -1.03. The van der Waals surface area contributed by atoms with Crippen LogP contribution in [0.1, 0.15) is 57.1 Å². The molecule has 1 nitrogen and oxygen atoms in total. The number of aliphatic hydroxyl groups is 1. The first-order valence-electron chi connectivity index (χ1n) is 7.61. The number of hydrogen-bond acceptors (Lipinski definition) is 1. The van der Waals surface area contributed by atoms with Crippen molar-refractivity contribution >= 4 is 0 Å². The summed E-state index contributed by atoms with van der Waals surface area (Å²) in [6.45, 7) is 4.22. The summed E-state index contributed by atoms with van der Waals surface area (Å²) in [5, 5.41) is 10.9. The first-order chi connectivity index (χ1) is 9.72. The third kappa shape index (κ3) is 3.79. The highest BCUT2D eigenvalue weighted by Gasteiger charge is 2.42. The average Bonchev–Trinajstić information content (AvgIpc) is 2.37. The van der Waals surface area contributed by atoms with Gasteiger partial charge in [-0.25, -0.2) is 0 Å². The molecule has 118 valence electrons. The summed E-state index contributed by atoms with van der Waals surface area (Å²) in [5.41, 5.74) is -1.99. The van der Waals surface area contributed by atoms with Crippen LogP contribution in [0, 0.1) is 11.8 Å². The van der Waals surface area contributed by atoms with Gasteiger partial charge in [0.2, 0.25) is 0 Å². The summed E-state index contributed by atoms with van der Waals surface area (Å²) in [5.74, 6) is 0.792. The minimum absolute atomic E-state index is 0.0472. The fraction of sp³-hybridized carbons (Fsp3) is 0.647. The van der Waals surface area contributed by atoms with Crippen molar-refractivity contribution < 1.29 is 18.3 Å². The summed E-state index contributed by atoms with van der Waals surface area (Å²) in [6.07, 6.45) is -0.852. The second-order valence-corrected chi connectivity index (χ2v) is 6.67. The molecule has 0 radical (unpaired) electrons. The minimum atomic E-state index is -4.42. The molecule has 1 saturated carbocycles. The summed E-state index contributed by atoms with van der Waals surface area (Å²) in [6, 6.07) is 5.46. The van der Waals surface area contributed by atoms with E-state index in [4.69, 9.17) is 0 Å². The fourth-order valence-electron chi connectivity index (χ4n) is 3.61. The van der Waals surface area contributed by atoms with E-state index in [1.165, 1.54) is 12.1 Å². The van der Waals surface area contributed by atoms with Gasteiger partial charge in [-0.15, -0.1) is 0 Å². The molecule has 2 atom stereocenters. The molecule has 1 aliphatic carbocycles. The van der Waals surface area contributed by atoms with Crippen molar-refractivity contribution in [1.82, 2.24) is 0 Å². The Morgan fingerprint density at radius 1 is 1.29 bits per heavy atom. The van der Waals surface area contributed by atoms with Gasteiger partial charge in [0.1, 0.15) is 0 Å². The molecule has 2 unspecified atom stereocenters. The Kier molecular flexibility index (Phi) is 4.66. The highest BCUT2D eigenvalue weighted by Crippen LogP contribution is 2.46. The van der Waals surface area contributed by atoms with Crippen molar-refractivity contribution in [2.45, 2.75) is 57.7 Å². The smallest absolute Gasteiger partial charge is 0.385 e. The molecule has 2 rings (SSSR count). The van der Waals surface area contributed by atoms with E-state index in [2.05, 4.69) is 13.8 Å². The van der Waals surface area contributed by atoms with Crippen molar-refractivity contribution in [2.24, 2.45) is 11.8 Å². The Bertz CT molecular complexity index is 481. The standard InChI is InChI=1S/C17H23F3O/c1-12(2)10-13-6-5-9-16(21,11-13)14-7-3-4-8-15(14)17(18,19)20/h3-4,7-8,12-13,21H,5-6,9-11H2,1-2H3. The van der Waals surface area contributed by atoms with Crippen LogP contribution < -0.4 is 0 Å². The van der Waals surface area contributed by atoms with Gasteiger partial charge in [0, 0.05) is 0 Å². The first kappa shape index (κ1) is 16.3. The van der Waals surface area contributed by atoms with Crippen LogP contribution in [-0.2, 0) is 11.8 Å². The van der Waals surface area contributed by atoms with Gasteiger partial charge < -0.3 is 5.11 Å². The Morgan fingerprint density at radius 3 is 2.57 bits per heavy atom. The zero-order valence-electron chi connectivity index (χ0n) is 12.6. The molecule has 1 fully saturated rings. The van der Waals surface area contributed by atoms with Crippen molar-refractivity contribution in [1.29, 1.82) is 0 Å². The number of alkyl halides is 3. The van der Waals surface area contributed by atoms with Crippen LogP contribution in [0.4, 0.5) is 13.2 Å². The molecule has 0 spiro atoms. The van der Waals surface area contributed by atoms with Crippen LogP contribution >= 0.6 is 0 Å². The highest BCUT2D eigenvalue weighted by molar-refractivity contribution is 5.35. The molecule has 1 aliphatic rings. The Balaban J connectivity index is 2.31. The molecule has 0 amide bonds. The van der Waals surface area contributed by atoms with Crippen LogP contribution in [0.2, 0.25) is 0 Å². The topological polar surface area (TPSA) is 20.2 Å². The summed E-state index contributed by atoms with van der Waals surface area (Å²) in [7, 11) is 0. The number of rotatable bonds is 3. The molecule has 21 heavy (non-hydrogen) atoms. The van der Waals surface area contributed by atoms with Gasteiger partial charge in [-0.2, -0.15) is 13.2 Å². The molecular weight excluding hydrogens is 277 g/mol. The zero-order valence-corrected chi connectivity index (χ0v) is 12.6. The van der Waals surface area contributed by atoms with Gasteiger partial charge in [0.15, 0.2) is 0 Å². The van der Waals surface area contributed by atoms with Crippen molar-refractivity contribution in [3.05, 3.63) is 35.4 Å². The van der Waals surface area contributed by atoms with Gasteiger partial charge >= 0.3 is 6.18 Å². The molecule has 0 aliphatic heterocycles. The molecule has 1 aromatic rings. The van der Waals surface area contributed by atoms with Gasteiger partial charge in [-0.1, -0.05) is 38.5 Å². The predicted octanol–water partition coefficient (Wildman–Crippen LogP) is 5.13. The molecule has 1 aromatic carbocycles. The minimum Gasteiger partial charge on any atom is -0.385 e. The number of hydrogen-bond donors (Lipinski definition) is 1. The van der Waals surface area contributed by atoms with Crippen LogP contribution in [0.3, 0.4) is 0 Å². The maximum absolute atomic E-state index is 13.2. The van der Waals surface area contributed by atoms with Crippen molar-refractivity contribution in [3.8, 4) is 0 Å². The molecule has 0 bridgehead atoms. The maximum atomic E-state index is 13.2. The first-order valence-corrected chi connectivity index (χ1v) is 7.61. The third-order valence-electron chi connectivity index (χ3n) is 4.37. The van der Waals surface area contributed by atoms with E-state index < -0.39 is 17.3 Å². The monoisotopic (exact) mass is 300 g/mol. The lowest BCUT2D eigenvalue weighted by molar-refractivity contribution is -0.142. The van der Waals surface area contributed by atoms with E-state index in [-0.39, 0.29) is 5.56 Å². The van der Waals surface area contributed by atoms with E-state index in [1.807, 2.05) is 0 Å². The van der Waals surface area contributed by atoms with E-state index >= 15 is 0 Å². The van der Waals surface area contributed by atoms with E-state index in [0.717, 1.165) is 25.3 Å². The SMILES string of the molecule is CC(C)CC1CCCC(O)(c2ccccc2C(F)(F)F)C1. The van der Waals surface area contributed by atoms with Gasteiger partial charge in [-0.05, 0) is 49.1 Å². The van der Waals surface area contributed by atoms with Gasteiger partial charge in [0.05, 0.1) is 11.2 Å². The summed E-state index contributed by atoms with van der Waals surface area (Å²) < 4.78 is 39.5. The van der Waals surface area contributed by atoms with Crippen LogP contribution in [0.15, 0.2) is 24.3 Å². The lowest BCUT2D eigenvalue weighted by atomic mass is 9.71. The summed E-state index contributed by atoms with van der Waals surface area (Å²) >= 11 is 0. The Labute approximate surface area is 124 Å². The zero-order chi connectivity index (χ0) is 15.7. The Morgan fingerprint density at radius 2 is 1.95 bits per heavy atom. The van der Waals surface area contributed by atoms with E-state index in [1.54, 1.807) is 6.07 Å². The van der Waals surface area contributed by atoms with Gasteiger partial charge in [-0.3, -0.25) is 0 Å². The average molecular weight is 300 g/mol. The fourth-order valence-corrected chi connectivity index (χ4v) is 3.61. The van der Waals surface area contributed by atoms with Gasteiger partial charge in [0.25, 0.3) is 0 Å². The number of halogens is 3. The van der Waals surface area contributed by atoms with E-state index in [9.17, 15) is 18.3 Å². The van der Waals surface area contributed by atoms with Crippen molar-refractivity contribution in [3.63, 3.8) is 0 Å². The molecule has 0 heterocycles. The molecule has 1 N–H and O–H groups in total. The second kappa shape index (κ2) is 5.99. The quantitative estimate of drug-likeness (QED) is 0.820. The third-order valence-corrected chi connectivity index (χ3v) is 4.37. The molecule has 0 saturated heterocycles. The normalized spacial score (nSPS) is 27.1. The highest BCUT2D eigenvalue weighted by atomic mass is 19.4. The molecule has 0 aromatic heterocycles. The van der Waals surface area contributed by atoms with Crippen molar-refractivity contribution in [2.75, 3.05) is 0 Å². The summed E-state index contributed by atoms with van der Waals surface area (Å²) in [4.78, 5) is 0. The molecular formula is C17H23F3O. The predicted molar refractivity (Wildman–Crippen MR) is 76.8 cm³/mol. The lowest BCUT2D eigenvalue weighted by Gasteiger charge is -2.39. The van der Waals surface area contributed by atoms with Crippen LogP contribution in [0.5, 0.6) is 0 Å². The maximum Gasteiger partial charge on any atom is 0.416 e. The van der Waals surface area contributed by atoms with Crippen LogP contribution in [-0.4, -0.2) is 5.11 Å². The second-order valence-electron chi connectivity index (χ2n) is 6.67. The lowest BCUT2D eigenvalue weighted by Crippen LogP contribution is -2.35. The largest absolute Gasteiger partial charge is 0.416 e. The van der Waals surface area contributed by atoms with E-state index in [0.29, 0.717) is 24.7 Å². The molecule has 4 heteroatoms. The number of benzene rings is 1. The van der Waals surface area contributed by atoms with Crippen LogP contribution in [0.25, 0.3) is 0 Å².